The molecule has 3 aromatic rings. The number of halogens is 1. The molecule has 158 valence electrons. The van der Waals surface area contributed by atoms with Crippen LogP contribution in [0.3, 0.4) is 0 Å². The molecule has 1 N–H and O–H groups in total. The van der Waals surface area contributed by atoms with Crippen molar-refractivity contribution in [3.05, 3.63) is 59.7 Å². The fourth-order valence-corrected chi connectivity index (χ4v) is 3.05. The third-order valence-electron chi connectivity index (χ3n) is 4.77. The van der Waals surface area contributed by atoms with Crippen molar-refractivity contribution in [2.24, 2.45) is 5.92 Å². The fourth-order valence-electron chi connectivity index (χ4n) is 3.05. The second-order valence-corrected chi connectivity index (χ2v) is 7.51. The summed E-state index contributed by atoms with van der Waals surface area (Å²) >= 11 is 0. The molecule has 2 aromatic carbocycles. The number of hydrogen-bond acceptors (Lipinski definition) is 5. The van der Waals surface area contributed by atoms with Gasteiger partial charge in [0.2, 0.25) is 0 Å². The van der Waals surface area contributed by atoms with Crippen LogP contribution in [0.25, 0.3) is 11.0 Å². The Morgan fingerprint density at radius 1 is 1.10 bits per heavy atom. The first kappa shape index (κ1) is 21.5. The molecule has 30 heavy (non-hydrogen) atoms. The average molecular weight is 411 g/mol. The molecule has 1 amide bonds. The topological polar surface area (TPSA) is 73.3 Å². The van der Waals surface area contributed by atoms with Crippen LogP contribution in [0.1, 0.15) is 49.2 Å². The molecular weight excluding hydrogens is 385 g/mol. The number of carbonyl (C=O) groups is 1. The van der Waals surface area contributed by atoms with E-state index in [0.29, 0.717) is 35.1 Å². The molecule has 7 heteroatoms. The number of nitrogens with zero attached hydrogens (tertiary/aromatic N) is 2. The number of aromatic nitrogens is 2. The zero-order chi connectivity index (χ0) is 21.7. The average Bonchev–Trinajstić information content (AvgIpc) is 2.72. The van der Waals surface area contributed by atoms with Crippen molar-refractivity contribution in [3.63, 3.8) is 0 Å². The van der Waals surface area contributed by atoms with Gasteiger partial charge in [-0.1, -0.05) is 19.9 Å². The molecule has 1 aromatic heterocycles. The molecule has 0 spiro atoms. The van der Waals surface area contributed by atoms with E-state index in [2.05, 4.69) is 29.1 Å². The number of hydrogen-bond donors (Lipinski definition) is 1. The maximum Gasteiger partial charge on any atom is 0.254 e. The van der Waals surface area contributed by atoms with Gasteiger partial charge in [0.1, 0.15) is 11.3 Å². The van der Waals surface area contributed by atoms with Crippen LogP contribution in [0.5, 0.6) is 11.5 Å². The molecule has 0 fully saturated rings. The summed E-state index contributed by atoms with van der Waals surface area (Å²) in [5.41, 5.74) is 1.67. The van der Waals surface area contributed by atoms with Crippen LogP contribution in [-0.2, 0) is 0 Å². The van der Waals surface area contributed by atoms with E-state index >= 15 is 0 Å². The maximum absolute atomic E-state index is 13.9. The lowest BCUT2D eigenvalue weighted by Crippen LogP contribution is -2.27. The minimum absolute atomic E-state index is 0.144. The van der Waals surface area contributed by atoms with E-state index in [1.54, 1.807) is 7.11 Å². The summed E-state index contributed by atoms with van der Waals surface area (Å²) in [6.45, 7) is 6.73. The van der Waals surface area contributed by atoms with Crippen LogP contribution >= 0.6 is 0 Å². The van der Waals surface area contributed by atoms with Gasteiger partial charge in [0.05, 0.1) is 30.8 Å². The second kappa shape index (κ2) is 9.52. The van der Waals surface area contributed by atoms with Crippen molar-refractivity contribution in [1.82, 2.24) is 15.3 Å². The number of amides is 1. The van der Waals surface area contributed by atoms with Gasteiger partial charge in [-0.3, -0.25) is 14.8 Å². The van der Waals surface area contributed by atoms with E-state index in [9.17, 15) is 9.18 Å². The largest absolute Gasteiger partial charge is 0.493 e. The monoisotopic (exact) mass is 411 g/mol. The van der Waals surface area contributed by atoms with Gasteiger partial charge in [-0.25, -0.2) is 4.39 Å². The van der Waals surface area contributed by atoms with Crippen LogP contribution in [-0.4, -0.2) is 29.6 Å². The second-order valence-electron chi connectivity index (χ2n) is 7.51. The molecule has 0 saturated carbocycles. The van der Waals surface area contributed by atoms with Crippen molar-refractivity contribution in [2.45, 2.75) is 33.2 Å². The quantitative estimate of drug-likeness (QED) is 0.582. The Bertz CT molecular complexity index is 1040. The first-order valence-corrected chi connectivity index (χ1v) is 9.91. The summed E-state index contributed by atoms with van der Waals surface area (Å²) < 4.78 is 25.2. The summed E-state index contributed by atoms with van der Waals surface area (Å²) in [6.07, 6.45) is 3.88. The highest BCUT2D eigenvalue weighted by Crippen LogP contribution is 2.31. The third-order valence-corrected chi connectivity index (χ3v) is 4.77. The lowest BCUT2D eigenvalue weighted by Gasteiger charge is -2.18. The van der Waals surface area contributed by atoms with Crippen LogP contribution in [0.4, 0.5) is 4.39 Å². The van der Waals surface area contributed by atoms with Gasteiger partial charge < -0.3 is 14.8 Å². The molecule has 0 saturated heterocycles. The van der Waals surface area contributed by atoms with E-state index in [4.69, 9.17) is 9.47 Å². The first-order chi connectivity index (χ1) is 14.4. The molecule has 0 aliphatic rings. The predicted octanol–water partition coefficient (Wildman–Crippen LogP) is 4.69. The summed E-state index contributed by atoms with van der Waals surface area (Å²) in [5, 5.41) is 2.89. The predicted molar refractivity (Wildman–Crippen MR) is 113 cm³/mol. The SMILES string of the molecule is COc1cc(C(C)NC(=O)c2cc(F)cc3nccnc23)ccc1OCCC(C)C. The van der Waals surface area contributed by atoms with E-state index in [0.717, 1.165) is 12.0 Å². The van der Waals surface area contributed by atoms with Crippen LogP contribution in [0.2, 0.25) is 0 Å². The fraction of sp³-hybridized carbons (Fsp3) is 0.348. The minimum atomic E-state index is -0.537. The van der Waals surface area contributed by atoms with Crippen molar-refractivity contribution < 1.29 is 18.7 Å². The normalized spacial score (nSPS) is 12.1. The number of benzene rings is 2. The number of fused-ring (bicyclic) bond motifs is 1. The summed E-state index contributed by atoms with van der Waals surface area (Å²) in [6, 6.07) is 7.63. The molecule has 0 bridgehead atoms. The molecular formula is C23H26FN3O3. The Balaban J connectivity index is 1.77. The number of nitrogens with one attached hydrogen (secondary N) is 1. The first-order valence-electron chi connectivity index (χ1n) is 9.91. The molecule has 0 aliphatic heterocycles. The van der Waals surface area contributed by atoms with E-state index < -0.39 is 11.7 Å². The minimum Gasteiger partial charge on any atom is -0.493 e. The van der Waals surface area contributed by atoms with Crippen molar-refractivity contribution >= 4 is 16.9 Å². The van der Waals surface area contributed by atoms with Crippen molar-refractivity contribution in [1.29, 1.82) is 0 Å². The molecule has 1 heterocycles. The Morgan fingerprint density at radius 2 is 1.87 bits per heavy atom. The highest BCUT2D eigenvalue weighted by atomic mass is 19.1. The number of rotatable bonds is 8. The van der Waals surface area contributed by atoms with Gasteiger partial charge in [0.25, 0.3) is 5.91 Å². The van der Waals surface area contributed by atoms with Gasteiger partial charge in [0.15, 0.2) is 11.5 Å². The zero-order valence-corrected chi connectivity index (χ0v) is 17.6. The van der Waals surface area contributed by atoms with Gasteiger partial charge in [0, 0.05) is 18.5 Å². The molecule has 1 atom stereocenters. The van der Waals surface area contributed by atoms with Gasteiger partial charge in [-0.05, 0) is 43.0 Å². The Morgan fingerprint density at radius 3 is 2.60 bits per heavy atom. The van der Waals surface area contributed by atoms with E-state index in [-0.39, 0.29) is 11.6 Å². The molecule has 3 rings (SSSR count). The highest BCUT2D eigenvalue weighted by Gasteiger charge is 2.18. The summed E-state index contributed by atoms with van der Waals surface area (Å²) in [5.74, 6) is 0.842. The Labute approximate surface area is 175 Å². The van der Waals surface area contributed by atoms with Gasteiger partial charge in [-0.15, -0.1) is 0 Å². The van der Waals surface area contributed by atoms with Gasteiger partial charge in [-0.2, -0.15) is 0 Å². The standard InChI is InChI=1S/C23H26FN3O3/c1-14(2)7-10-30-20-6-5-16(11-21(20)29-4)15(3)27-23(28)18-12-17(24)13-19-22(18)26-9-8-25-19/h5-6,8-9,11-15H,7,10H2,1-4H3,(H,27,28). The lowest BCUT2D eigenvalue weighted by atomic mass is 10.1. The Kier molecular flexibility index (Phi) is 6.82. The number of carbonyl (C=O) groups excluding carboxylic acids is 1. The van der Waals surface area contributed by atoms with Crippen LogP contribution in [0, 0.1) is 11.7 Å². The van der Waals surface area contributed by atoms with Gasteiger partial charge >= 0.3 is 0 Å². The zero-order valence-electron chi connectivity index (χ0n) is 17.6. The van der Waals surface area contributed by atoms with Crippen molar-refractivity contribution in [2.75, 3.05) is 13.7 Å². The molecule has 0 aliphatic carbocycles. The van der Waals surface area contributed by atoms with Crippen molar-refractivity contribution in [3.8, 4) is 11.5 Å². The Hall–Kier alpha value is -3.22. The number of methoxy groups -OCH3 is 1. The molecule has 6 nitrogen and oxygen atoms in total. The van der Waals surface area contributed by atoms with E-state index in [1.807, 2.05) is 25.1 Å². The summed E-state index contributed by atoms with van der Waals surface area (Å²) in [7, 11) is 1.58. The number of ether oxygens (including phenoxy) is 2. The molecule has 1 unspecified atom stereocenters. The highest BCUT2D eigenvalue weighted by molar-refractivity contribution is 6.04. The molecule has 0 radical (unpaired) electrons. The smallest absolute Gasteiger partial charge is 0.254 e. The third kappa shape index (κ3) is 5.03. The summed E-state index contributed by atoms with van der Waals surface area (Å²) in [4.78, 5) is 21.1. The maximum atomic E-state index is 13.9. The van der Waals surface area contributed by atoms with Crippen LogP contribution < -0.4 is 14.8 Å². The van der Waals surface area contributed by atoms with Crippen LogP contribution in [0.15, 0.2) is 42.7 Å². The lowest BCUT2D eigenvalue weighted by molar-refractivity contribution is 0.0941. The van der Waals surface area contributed by atoms with E-state index in [1.165, 1.54) is 24.5 Å².